The fourth-order valence-electron chi connectivity index (χ4n) is 2.22. The number of nitrogens with two attached hydrogens (primary N) is 2. The van der Waals surface area contributed by atoms with Gasteiger partial charge in [0.15, 0.2) is 0 Å². The molecule has 3 atom stereocenters. The summed E-state index contributed by atoms with van der Waals surface area (Å²) in [5.41, 5.74) is 9.77. The van der Waals surface area contributed by atoms with Crippen LogP contribution in [-0.4, -0.2) is 36.1 Å². The Bertz CT molecular complexity index is 356. The summed E-state index contributed by atoms with van der Waals surface area (Å²) < 4.78 is 5.54. The summed E-state index contributed by atoms with van der Waals surface area (Å²) in [6, 6.07) is -0.722. The van der Waals surface area contributed by atoms with Crippen molar-refractivity contribution in [2.45, 2.75) is 51.8 Å². The summed E-state index contributed by atoms with van der Waals surface area (Å²) in [6.45, 7) is 7.82. The highest BCUT2D eigenvalue weighted by molar-refractivity contribution is 5.93. The zero-order chi connectivity index (χ0) is 14.1. The molecular formula is C12H23N3O3. The number of primary amides is 1. The first-order valence-corrected chi connectivity index (χ1v) is 6.17. The van der Waals surface area contributed by atoms with Crippen molar-refractivity contribution in [3.8, 4) is 0 Å². The standard InChI is InChI=1S/C12H23N3O3/c1-5-18-8-6-12(14,11(8,3)4)10(17)15-7(2)9(13)16/h7-8H,5-6,14H2,1-4H3,(H2,13,16)(H,15,17). The zero-order valence-electron chi connectivity index (χ0n) is 11.4. The number of nitrogens with one attached hydrogen (secondary N) is 1. The Morgan fingerprint density at radius 2 is 2.06 bits per heavy atom. The van der Waals surface area contributed by atoms with Crippen molar-refractivity contribution in [3.63, 3.8) is 0 Å². The molecule has 1 aliphatic carbocycles. The molecule has 0 saturated heterocycles. The minimum absolute atomic E-state index is 0.0397. The molecule has 0 aliphatic heterocycles. The predicted molar refractivity (Wildman–Crippen MR) is 67.5 cm³/mol. The molecule has 0 bridgehead atoms. The van der Waals surface area contributed by atoms with Crippen LogP contribution in [0.2, 0.25) is 0 Å². The van der Waals surface area contributed by atoms with E-state index in [1.165, 1.54) is 6.92 Å². The van der Waals surface area contributed by atoms with Crippen molar-refractivity contribution in [1.29, 1.82) is 0 Å². The van der Waals surface area contributed by atoms with Crippen LogP contribution in [0.1, 0.15) is 34.1 Å². The molecule has 6 heteroatoms. The van der Waals surface area contributed by atoms with Gasteiger partial charge in [-0.25, -0.2) is 0 Å². The molecule has 1 aliphatic rings. The van der Waals surface area contributed by atoms with E-state index in [4.69, 9.17) is 16.2 Å². The van der Waals surface area contributed by atoms with Crippen LogP contribution in [-0.2, 0) is 14.3 Å². The van der Waals surface area contributed by atoms with Gasteiger partial charge in [-0.05, 0) is 13.8 Å². The van der Waals surface area contributed by atoms with Gasteiger partial charge in [-0.15, -0.1) is 0 Å². The zero-order valence-corrected chi connectivity index (χ0v) is 11.4. The summed E-state index contributed by atoms with van der Waals surface area (Å²) in [5.74, 6) is -0.930. The van der Waals surface area contributed by atoms with E-state index < -0.39 is 22.9 Å². The SMILES string of the molecule is CCOC1CC(N)(C(=O)NC(C)C(N)=O)C1(C)C. The molecule has 1 saturated carbocycles. The third-order valence-electron chi connectivity index (χ3n) is 4.01. The van der Waals surface area contributed by atoms with Crippen molar-refractivity contribution < 1.29 is 14.3 Å². The lowest BCUT2D eigenvalue weighted by atomic mass is 9.54. The molecule has 3 unspecified atom stereocenters. The average molecular weight is 257 g/mol. The summed E-state index contributed by atoms with van der Waals surface area (Å²) >= 11 is 0. The van der Waals surface area contributed by atoms with Crippen molar-refractivity contribution in [3.05, 3.63) is 0 Å². The Morgan fingerprint density at radius 1 is 1.50 bits per heavy atom. The lowest BCUT2D eigenvalue weighted by Crippen LogP contribution is -2.76. The second-order valence-electron chi connectivity index (χ2n) is 5.44. The number of hydrogen-bond donors (Lipinski definition) is 3. The van der Waals surface area contributed by atoms with Gasteiger partial charge < -0.3 is 21.5 Å². The Labute approximate surface area is 107 Å². The lowest BCUT2D eigenvalue weighted by Gasteiger charge is -2.57. The molecule has 0 aromatic rings. The summed E-state index contributed by atoms with van der Waals surface area (Å²) in [5, 5.41) is 2.55. The van der Waals surface area contributed by atoms with Gasteiger partial charge in [-0.1, -0.05) is 13.8 Å². The van der Waals surface area contributed by atoms with Gasteiger partial charge in [-0.3, -0.25) is 9.59 Å². The highest BCUT2D eigenvalue weighted by Gasteiger charge is 2.63. The Balaban J connectivity index is 2.72. The van der Waals surface area contributed by atoms with Crippen LogP contribution in [0, 0.1) is 5.41 Å². The molecule has 0 aromatic heterocycles. The van der Waals surface area contributed by atoms with Crippen molar-refractivity contribution in [2.24, 2.45) is 16.9 Å². The first-order valence-electron chi connectivity index (χ1n) is 6.17. The minimum Gasteiger partial charge on any atom is -0.378 e. The molecule has 0 spiro atoms. The number of carbonyl (C=O) groups is 2. The predicted octanol–water partition coefficient (Wildman–Crippen LogP) is -0.491. The first kappa shape index (κ1) is 14.9. The molecule has 0 aromatic carbocycles. The van der Waals surface area contributed by atoms with E-state index in [1.807, 2.05) is 20.8 Å². The average Bonchev–Trinajstić information content (AvgIpc) is 2.28. The third-order valence-corrected chi connectivity index (χ3v) is 4.01. The van der Waals surface area contributed by atoms with E-state index in [0.29, 0.717) is 13.0 Å². The highest BCUT2D eigenvalue weighted by Crippen LogP contribution is 2.49. The van der Waals surface area contributed by atoms with Gasteiger partial charge in [0.25, 0.3) is 0 Å². The third kappa shape index (κ3) is 2.22. The van der Waals surface area contributed by atoms with E-state index in [9.17, 15) is 9.59 Å². The molecule has 0 radical (unpaired) electrons. The molecule has 1 fully saturated rings. The number of hydrogen-bond acceptors (Lipinski definition) is 4. The fourth-order valence-corrected chi connectivity index (χ4v) is 2.22. The van der Waals surface area contributed by atoms with E-state index in [-0.39, 0.29) is 12.0 Å². The van der Waals surface area contributed by atoms with Crippen molar-refractivity contribution in [2.75, 3.05) is 6.61 Å². The molecule has 0 heterocycles. The van der Waals surface area contributed by atoms with Gasteiger partial charge in [0.1, 0.15) is 11.6 Å². The van der Waals surface area contributed by atoms with Crippen LogP contribution in [0.25, 0.3) is 0 Å². The maximum absolute atomic E-state index is 12.1. The van der Waals surface area contributed by atoms with Crippen molar-refractivity contribution in [1.82, 2.24) is 5.32 Å². The maximum Gasteiger partial charge on any atom is 0.241 e. The highest BCUT2D eigenvalue weighted by atomic mass is 16.5. The topological polar surface area (TPSA) is 107 Å². The van der Waals surface area contributed by atoms with Crippen LogP contribution in [0.4, 0.5) is 0 Å². The van der Waals surface area contributed by atoms with E-state index in [2.05, 4.69) is 5.32 Å². The number of rotatable bonds is 5. The molecule has 6 nitrogen and oxygen atoms in total. The molecular weight excluding hydrogens is 234 g/mol. The Hall–Kier alpha value is -1.14. The summed E-state index contributed by atoms with van der Waals surface area (Å²) in [7, 11) is 0. The quantitative estimate of drug-likeness (QED) is 0.617. The van der Waals surface area contributed by atoms with E-state index in [1.54, 1.807) is 0 Å². The van der Waals surface area contributed by atoms with Crippen LogP contribution in [0.5, 0.6) is 0 Å². The number of amides is 2. The number of carbonyl (C=O) groups excluding carboxylic acids is 2. The first-order chi connectivity index (χ1) is 8.16. The monoisotopic (exact) mass is 257 g/mol. The summed E-state index contributed by atoms with van der Waals surface area (Å²) in [4.78, 5) is 23.1. The maximum atomic E-state index is 12.1. The molecule has 1 rings (SSSR count). The van der Waals surface area contributed by atoms with E-state index >= 15 is 0 Å². The van der Waals surface area contributed by atoms with Gasteiger partial charge in [0, 0.05) is 18.4 Å². The normalized spacial score (nSPS) is 31.3. The smallest absolute Gasteiger partial charge is 0.241 e. The lowest BCUT2D eigenvalue weighted by molar-refractivity contribution is -0.171. The Morgan fingerprint density at radius 3 is 2.44 bits per heavy atom. The van der Waals surface area contributed by atoms with Crippen LogP contribution < -0.4 is 16.8 Å². The van der Waals surface area contributed by atoms with Gasteiger partial charge >= 0.3 is 0 Å². The second-order valence-corrected chi connectivity index (χ2v) is 5.44. The second kappa shape index (κ2) is 4.85. The van der Waals surface area contributed by atoms with Crippen LogP contribution >= 0.6 is 0 Å². The number of ether oxygens (including phenoxy) is 1. The molecule has 5 N–H and O–H groups in total. The largest absolute Gasteiger partial charge is 0.378 e. The van der Waals surface area contributed by atoms with Crippen LogP contribution in [0.15, 0.2) is 0 Å². The molecule has 18 heavy (non-hydrogen) atoms. The summed E-state index contributed by atoms with van der Waals surface area (Å²) in [6.07, 6.45) is 0.410. The Kier molecular flexibility index (Phi) is 4.02. The van der Waals surface area contributed by atoms with Crippen molar-refractivity contribution >= 4 is 11.8 Å². The fraction of sp³-hybridized carbons (Fsp3) is 0.833. The molecule has 2 amide bonds. The van der Waals surface area contributed by atoms with E-state index in [0.717, 1.165) is 0 Å². The van der Waals surface area contributed by atoms with Gasteiger partial charge in [-0.2, -0.15) is 0 Å². The van der Waals surface area contributed by atoms with Gasteiger partial charge in [0.05, 0.1) is 6.10 Å². The van der Waals surface area contributed by atoms with Crippen LogP contribution in [0.3, 0.4) is 0 Å². The van der Waals surface area contributed by atoms with Gasteiger partial charge in [0.2, 0.25) is 11.8 Å². The molecule has 104 valence electrons. The minimum atomic E-state index is -1.02.